The Morgan fingerprint density at radius 1 is 1.11 bits per heavy atom. The molecular formula is C33H41NO3. The molecule has 0 amide bonds. The van der Waals surface area contributed by atoms with E-state index >= 15 is 0 Å². The number of nitrogens with zero attached hydrogens (tertiary/aromatic N) is 1. The summed E-state index contributed by atoms with van der Waals surface area (Å²) >= 11 is 0. The standard InChI is InChI=1S/C33H41NO3/c1-32(16-7-6-11-22-9-4-3-5-10-22)20-25-26-19-24-14-15-27(36-2)29-28(24)33(25,31(37-29)30(32)35)17-18-34(26)21-23-12-8-13-23/h3-5,9-10,14-15,23,25-26,31H,6-8,11-13,16-21H2,1-2H3/t25?,26?,31?,32-,33?/m1/s1. The number of methoxy groups -OCH3 is 1. The Kier molecular flexibility index (Phi) is 5.69. The number of ketones is 1. The summed E-state index contributed by atoms with van der Waals surface area (Å²) in [6, 6.07) is 15.6. The first-order valence-corrected chi connectivity index (χ1v) is 14.7. The molecular weight excluding hydrogens is 458 g/mol. The molecule has 2 aromatic carbocycles. The Hall–Kier alpha value is -2.33. The van der Waals surface area contributed by atoms with E-state index < -0.39 is 0 Å². The van der Waals surface area contributed by atoms with Crippen LogP contribution in [-0.2, 0) is 23.1 Å². The number of rotatable bonds is 8. The fraction of sp³-hybridized carbons (Fsp3) is 0.606. The van der Waals surface area contributed by atoms with Crippen LogP contribution in [-0.4, -0.2) is 43.0 Å². The van der Waals surface area contributed by atoms with Crippen molar-refractivity contribution in [2.45, 2.75) is 88.7 Å². The van der Waals surface area contributed by atoms with E-state index in [9.17, 15) is 4.79 Å². The number of carbonyl (C=O) groups excluding carboxylic acids is 1. The number of piperidine rings is 1. The molecule has 3 aliphatic carbocycles. The maximum atomic E-state index is 14.4. The van der Waals surface area contributed by atoms with E-state index in [1.165, 1.54) is 42.5 Å². The number of ether oxygens (including phenoxy) is 2. The zero-order valence-electron chi connectivity index (χ0n) is 22.5. The minimum atomic E-state index is -0.357. The van der Waals surface area contributed by atoms with Crippen LogP contribution in [0.5, 0.6) is 11.5 Å². The molecule has 7 rings (SSSR count). The fourth-order valence-corrected chi connectivity index (χ4v) is 8.78. The normalized spacial score (nSPS) is 34.0. The maximum Gasteiger partial charge on any atom is 0.180 e. The number of likely N-dealkylation sites (tertiary alicyclic amines) is 1. The second-order valence-electron chi connectivity index (χ2n) is 12.9. The monoisotopic (exact) mass is 499 g/mol. The van der Waals surface area contributed by atoms with Crippen LogP contribution >= 0.6 is 0 Å². The van der Waals surface area contributed by atoms with Gasteiger partial charge in [-0.3, -0.25) is 9.69 Å². The molecule has 3 fully saturated rings. The minimum absolute atomic E-state index is 0.168. The van der Waals surface area contributed by atoms with Crippen LogP contribution in [0.15, 0.2) is 42.5 Å². The lowest BCUT2D eigenvalue weighted by Crippen LogP contribution is -2.69. The van der Waals surface area contributed by atoms with E-state index in [0.717, 1.165) is 68.9 Å². The maximum absolute atomic E-state index is 14.4. The average molecular weight is 500 g/mol. The van der Waals surface area contributed by atoms with Crippen LogP contribution < -0.4 is 9.47 Å². The lowest BCUT2D eigenvalue weighted by molar-refractivity contribution is -0.156. The Morgan fingerprint density at radius 2 is 1.95 bits per heavy atom. The number of aryl methyl sites for hydroxylation is 1. The van der Waals surface area contributed by atoms with E-state index in [0.29, 0.717) is 17.7 Å². The molecule has 4 unspecified atom stereocenters. The second kappa shape index (κ2) is 8.86. The Labute approximate surface area is 221 Å². The van der Waals surface area contributed by atoms with Gasteiger partial charge in [-0.15, -0.1) is 0 Å². The zero-order chi connectivity index (χ0) is 25.2. The van der Waals surface area contributed by atoms with Crippen molar-refractivity contribution < 1.29 is 14.3 Å². The van der Waals surface area contributed by atoms with Gasteiger partial charge in [-0.1, -0.05) is 56.2 Å². The molecule has 2 aromatic rings. The van der Waals surface area contributed by atoms with Gasteiger partial charge in [0.1, 0.15) is 0 Å². The molecule has 0 radical (unpaired) electrons. The van der Waals surface area contributed by atoms with Crippen molar-refractivity contribution in [3.8, 4) is 11.5 Å². The second-order valence-corrected chi connectivity index (χ2v) is 12.9. The molecule has 1 spiro atoms. The largest absolute Gasteiger partial charge is 0.493 e. The zero-order valence-corrected chi connectivity index (χ0v) is 22.5. The summed E-state index contributed by atoms with van der Waals surface area (Å²) in [4.78, 5) is 17.2. The molecule has 4 heteroatoms. The van der Waals surface area contributed by atoms with Crippen LogP contribution in [0.3, 0.4) is 0 Å². The lowest BCUT2D eigenvalue weighted by atomic mass is 9.47. The number of Topliss-reactive ketones (excluding diaryl/α,β-unsaturated/α-hetero) is 1. The molecule has 4 nitrogen and oxygen atoms in total. The first-order chi connectivity index (χ1) is 18.0. The number of hydrogen-bond donors (Lipinski definition) is 0. The summed E-state index contributed by atoms with van der Waals surface area (Å²) in [5.41, 5.74) is 3.64. The molecule has 2 bridgehead atoms. The van der Waals surface area contributed by atoms with Crippen molar-refractivity contribution in [2.75, 3.05) is 20.2 Å². The predicted molar refractivity (Wildman–Crippen MR) is 145 cm³/mol. The smallest absolute Gasteiger partial charge is 0.180 e. The highest BCUT2D eigenvalue weighted by molar-refractivity contribution is 5.93. The predicted octanol–water partition coefficient (Wildman–Crippen LogP) is 6.13. The number of benzene rings is 2. The van der Waals surface area contributed by atoms with Crippen LogP contribution in [0.4, 0.5) is 0 Å². The molecule has 2 aliphatic heterocycles. The summed E-state index contributed by atoms with van der Waals surface area (Å²) in [5.74, 6) is 3.37. The van der Waals surface area contributed by atoms with Crippen LogP contribution in [0.2, 0.25) is 0 Å². The van der Waals surface area contributed by atoms with Crippen molar-refractivity contribution in [3.63, 3.8) is 0 Å². The van der Waals surface area contributed by atoms with Crippen LogP contribution in [0, 0.1) is 17.3 Å². The van der Waals surface area contributed by atoms with Gasteiger partial charge in [0.15, 0.2) is 23.4 Å². The van der Waals surface area contributed by atoms with E-state index in [1.54, 1.807) is 7.11 Å². The number of unbranched alkanes of at least 4 members (excludes halogenated alkanes) is 1. The summed E-state index contributed by atoms with van der Waals surface area (Å²) in [6.45, 7) is 4.59. The molecule has 1 saturated heterocycles. The van der Waals surface area contributed by atoms with E-state index in [-0.39, 0.29) is 16.9 Å². The Bertz CT molecular complexity index is 1190. The van der Waals surface area contributed by atoms with Crippen molar-refractivity contribution >= 4 is 5.78 Å². The quantitative estimate of drug-likeness (QED) is 0.410. The minimum Gasteiger partial charge on any atom is -0.493 e. The third kappa shape index (κ3) is 3.54. The summed E-state index contributed by atoms with van der Waals surface area (Å²) in [5, 5.41) is 0. The van der Waals surface area contributed by atoms with Gasteiger partial charge in [-0.05, 0) is 86.9 Å². The molecule has 5 aliphatic rings. The van der Waals surface area contributed by atoms with Crippen LogP contribution in [0.1, 0.15) is 75.0 Å². The molecule has 196 valence electrons. The Balaban J connectivity index is 1.20. The highest BCUT2D eigenvalue weighted by atomic mass is 16.5. The molecule has 37 heavy (non-hydrogen) atoms. The third-order valence-electron chi connectivity index (χ3n) is 10.9. The van der Waals surface area contributed by atoms with Gasteiger partial charge in [0.25, 0.3) is 0 Å². The first kappa shape index (κ1) is 23.8. The van der Waals surface area contributed by atoms with Gasteiger partial charge in [0.05, 0.1) is 7.11 Å². The molecule has 2 saturated carbocycles. The lowest BCUT2D eigenvalue weighted by Gasteiger charge is -2.61. The van der Waals surface area contributed by atoms with Crippen molar-refractivity contribution in [2.24, 2.45) is 17.3 Å². The average Bonchev–Trinajstić information content (AvgIpc) is 3.23. The summed E-state index contributed by atoms with van der Waals surface area (Å²) in [6.07, 6.45) is 11.2. The molecule has 2 heterocycles. The van der Waals surface area contributed by atoms with Gasteiger partial charge in [0.2, 0.25) is 0 Å². The number of carbonyl (C=O) groups is 1. The molecule has 5 atom stereocenters. The van der Waals surface area contributed by atoms with Gasteiger partial charge in [0, 0.05) is 29.0 Å². The van der Waals surface area contributed by atoms with Crippen molar-refractivity contribution in [1.29, 1.82) is 0 Å². The Morgan fingerprint density at radius 3 is 2.70 bits per heavy atom. The molecule has 0 N–H and O–H groups in total. The SMILES string of the molecule is COc1ccc2c3c1OC1C(=O)[C@](C)(CCCCc4ccccc4)CC4C(C2)N(CC2CCC2)CCC314. The third-order valence-corrected chi connectivity index (χ3v) is 10.9. The van der Waals surface area contributed by atoms with Gasteiger partial charge < -0.3 is 9.47 Å². The highest BCUT2D eigenvalue weighted by Gasteiger charge is 2.69. The van der Waals surface area contributed by atoms with E-state index in [2.05, 4.69) is 54.3 Å². The topological polar surface area (TPSA) is 38.8 Å². The number of hydrogen-bond acceptors (Lipinski definition) is 4. The first-order valence-electron chi connectivity index (χ1n) is 14.7. The van der Waals surface area contributed by atoms with E-state index in [1.807, 2.05) is 0 Å². The van der Waals surface area contributed by atoms with Gasteiger partial charge in [-0.2, -0.15) is 0 Å². The fourth-order valence-electron chi connectivity index (χ4n) is 8.78. The molecule has 0 aromatic heterocycles. The summed E-state index contributed by atoms with van der Waals surface area (Å²) < 4.78 is 12.5. The van der Waals surface area contributed by atoms with Crippen molar-refractivity contribution in [3.05, 3.63) is 59.2 Å². The van der Waals surface area contributed by atoms with Gasteiger partial charge in [-0.25, -0.2) is 0 Å². The van der Waals surface area contributed by atoms with E-state index in [4.69, 9.17) is 9.47 Å². The van der Waals surface area contributed by atoms with Gasteiger partial charge >= 0.3 is 0 Å². The van der Waals surface area contributed by atoms with Crippen molar-refractivity contribution in [1.82, 2.24) is 4.90 Å². The highest BCUT2D eigenvalue weighted by Crippen LogP contribution is 2.66. The summed E-state index contributed by atoms with van der Waals surface area (Å²) in [7, 11) is 1.73. The van der Waals surface area contributed by atoms with Crippen LogP contribution in [0.25, 0.3) is 0 Å².